The van der Waals surface area contributed by atoms with Gasteiger partial charge in [0, 0.05) is 6.42 Å². The monoisotopic (exact) mass is 546 g/mol. The molecule has 7 aliphatic rings. The lowest BCUT2D eigenvalue weighted by atomic mass is 9.48. The molecule has 4 bridgehead atoms. The van der Waals surface area contributed by atoms with Gasteiger partial charge < -0.3 is 15.3 Å². The predicted molar refractivity (Wildman–Crippen MR) is 162 cm³/mol. The van der Waals surface area contributed by atoms with Gasteiger partial charge in [0.25, 0.3) is 0 Å². The van der Waals surface area contributed by atoms with Crippen molar-refractivity contribution in [2.45, 2.75) is 135 Å². The molecule has 0 spiro atoms. The Morgan fingerprint density at radius 2 is 1.65 bits per heavy atom. The van der Waals surface area contributed by atoms with E-state index in [0.717, 1.165) is 42.6 Å². The molecule has 0 heterocycles. The molecule has 7 atom stereocenters. The summed E-state index contributed by atoms with van der Waals surface area (Å²) < 4.78 is 0. The highest BCUT2D eigenvalue weighted by atomic mass is 16.3. The van der Waals surface area contributed by atoms with Crippen LogP contribution in [0.5, 0.6) is 0 Å². The minimum atomic E-state index is -0.867. The molecule has 0 aliphatic heterocycles. The Bertz CT molecular complexity index is 1060. The summed E-state index contributed by atoms with van der Waals surface area (Å²) in [4.78, 5) is 0. The van der Waals surface area contributed by atoms with E-state index in [0.29, 0.717) is 47.0 Å². The first kappa shape index (κ1) is 28.8. The van der Waals surface area contributed by atoms with Crippen molar-refractivity contribution in [3.05, 3.63) is 35.5 Å². The molecule has 220 valence electrons. The summed E-state index contributed by atoms with van der Waals surface area (Å²) in [6.07, 6.45) is 20.7. The molecule has 7 rings (SSSR count). The van der Waals surface area contributed by atoms with Gasteiger partial charge in [-0.2, -0.15) is 0 Å². The summed E-state index contributed by atoms with van der Waals surface area (Å²) in [5.41, 5.74) is 3.05. The largest absolute Gasteiger partial charge is 0.388 e. The van der Waals surface area contributed by atoms with Gasteiger partial charge in [0.05, 0.1) is 12.2 Å². The van der Waals surface area contributed by atoms with Crippen LogP contribution in [0.4, 0.5) is 0 Å². The van der Waals surface area contributed by atoms with Crippen LogP contribution in [-0.4, -0.2) is 33.1 Å². The zero-order chi connectivity index (χ0) is 28.3. The first-order valence-corrected chi connectivity index (χ1v) is 16.6. The highest BCUT2D eigenvalue weighted by Crippen LogP contribution is 2.62. The third kappa shape index (κ3) is 5.55. The van der Waals surface area contributed by atoms with Crippen LogP contribution in [0, 0.1) is 58.2 Å². The Balaban J connectivity index is 1.08. The molecule has 3 N–H and O–H groups in total. The molecule has 2 unspecified atom stereocenters. The molecular formula is C37H54O3. The average Bonchev–Trinajstić information content (AvgIpc) is 3.21. The quantitative estimate of drug-likeness (QED) is 0.247. The number of aliphatic hydroxyl groups is 3. The Morgan fingerprint density at radius 1 is 1.02 bits per heavy atom. The van der Waals surface area contributed by atoms with Crippen molar-refractivity contribution in [2.75, 3.05) is 0 Å². The molecule has 0 aromatic carbocycles. The van der Waals surface area contributed by atoms with Gasteiger partial charge in [0.15, 0.2) is 0 Å². The fourth-order valence-electron chi connectivity index (χ4n) is 11.5. The molecule has 7 aliphatic carbocycles. The van der Waals surface area contributed by atoms with Gasteiger partial charge in [-0.05, 0) is 149 Å². The van der Waals surface area contributed by atoms with Gasteiger partial charge in [-0.3, -0.25) is 0 Å². The van der Waals surface area contributed by atoms with Gasteiger partial charge in [0.2, 0.25) is 0 Å². The second kappa shape index (κ2) is 10.7. The molecule has 3 nitrogen and oxygen atoms in total. The Hall–Kier alpha value is -1.34. The van der Waals surface area contributed by atoms with Crippen molar-refractivity contribution in [3.8, 4) is 11.8 Å². The van der Waals surface area contributed by atoms with Crippen LogP contribution in [-0.2, 0) is 0 Å². The van der Waals surface area contributed by atoms with Crippen molar-refractivity contribution in [3.63, 3.8) is 0 Å². The molecule has 7 saturated carbocycles. The topological polar surface area (TPSA) is 60.7 Å². The molecule has 3 heteroatoms. The smallest absolute Gasteiger partial charge is 0.123 e. The van der Waals surface area contributed by atoms with Crippen molar-refractivity contribution in [2.24, 2.45) is 46.3 Å². The van der Waals surface area contributed by atoms with Crippen molar-refractivity contribution < 1.29 is 15.3 Å². The van der Waals surface area contributed by atoms with Gasteiger partial charge in [0.1, 0.15) is 5.60 Å². The third-order valence-corrected chi connectivity index (χ3v) is 12.7. The molecule has 40 heavy (non-hydrogen) atoms. The molecule has 0 aromatic rings. The van der Waals surface area contributed by atoms with Crippen LogP contribution in [0.2, 0.25) is 0 Å². The van der Waals surface area contributed by atoms with Crippen LogP contribution in [0.1, 0.15) is 117 Å². The second-order valence-electron chi connectivity index (χ2n) is 16.0. The van der Waals surface area contributed by atoms with Gasteiger partial charge in [-0.25, -0.2) is 0 Å². The minimum absolute atomic E-state index is 0.311. The van der Waals surface area contributed by atoms with E-state index in [-0.39, 0.29) is 0 Å². The summed E-state index contributed by atoms with van der Waals surface area (Å²) in [5.74, 6) is 11.5. The van der Waals surface area contributed by atoms with E-state index < -0.39 is 17.8 Å². The van der Waals surface area contributed by atoms with Crippen molar-refractivity contribution in [1.29, 1.82) is 0 Å². The first-order valence-electron chi connectivity index (χ1n) is 16.6. The Labute approximate surface area is 243 Å². The molecule has 0 aromatic heterocycles. The van der Waals surface area contributed by atoms with Crippen LogP contribution in [0.25, 0.3) is 0 Å². The Kier molecular flexibility index (Phi) is 7.72. The molecule has 0 saturated heterocycles. The summed E-state index contributed by atoms with van der Waals surface area (Å²) in [6, 6.07) is 0. The standard InChI is InChI=1S/C37H54O3/c1-24(7-5-13-35(3,40)23-37-20-27-15-28(21-37)17-29(16-27)22-37)31-11-12-32-30(8-6-14-36(31,32)4)10-9-26-18-33(38)25(2)34(39)19-26/h9-10,24,27-29,31-34,38-40H,2,6-8,11-12,14-23H2,1,3-4H3/b30-10+/t24-,27?,28?,29?,31-,32?,33-,34-,35?,36-,37?/m1/s1. The normalized spacial score (nSPS) is 45.5. The number of hydrogen-bond acceptors (Lipinski definition) is 3. The molecular weight excluding hydrogens is 492 g/mol. The number of allylic oxidation sites excluding steroid dienone is 3. The molecule has 7 fully saturated rings. The van der Waals surface area contributed by atoms with Crippen molar-refractivity contribution in [1.82, 2.24) is 0 Å². The minimum Gasteiger partial charge on any atom is -0.388 e. The SMILES string of the molecule is C=C1[C@H](O)CC(=C/C=C2\CCC[C@@]3(C)C2CC[C@@H]3[C@H](C)CC#CC(C)(O)CC23CC4CC(CC(C4)C2)C3)C[C@H]1O. The van der Waals surface area contributed by atoms with Gasteiger partial charge in [-0.15, -0.1) is 0 Å². The van der Waals surface area contributed by atoms with Crippen LogP contribution >= 0.6 is 0 Å². The summed E-state index contributed by atoms with van der Waals surface area (Å²) in [7, 11) is 0. The highest BCUT2D eigenvalue weighted by molar-refractivity contribution is 5.30. The summed E-state index contributed by atoms with van der Waals surface area (Å²) in [6.45, 7) is 10.8. The van der Waals surface area contributed by atoms with E-state index in [4.69, 9.17) is 0 Å². The summed E-state index contributed by atoms with van der Waals surface area (Å²) >= 11 is 0. The van der Waals surface area contributed by atoms with E-state index in [1.807, 2.05) is 6.92 Å². The highest BCUT2D eigenvalue weighted by Gasteiger charge is 2.53. The van der Waals surface area contributed by atoms with Crippen LogP contribution in [0.15, 0.2) is 35.5 Å². The maximum Gasteiger partial charge on any atom is 0.123 e. The maximum absolute atomic E-state index is 11.4. The average molecular weight is 547 g/mol. The third-order valence-electron chi connectivity index (χ3n) is 12.7. The van der Waals surface area contributed by atoms with E-state index in [1.54, 1.807) is 5.57 Å². The van der Waals surface area contributed by atoms with E-state index in [2.05, 4.69) is 44.4 Å². The van der Waals surface area contributed by atoms with E-state index in [9.17, 15) is 15.3 Å². The lowest BCUT2D eigenvalue weighted by Gasteiger charge is -2.58. The fraction of sp³-hybridized carbons (Fsp3) is 0.784. The van der Waals surface area contributed by atoms with E-state index in [1.165, 1.54) is 64.2 Å². The predicted octanol–water partition coefficient (Wildman–Crippen LogP) is 7.51. The van der Waals surface area contributed by atoms with Gasteiger partial charge >= 0.3 is 0 Å². The number of hydrogen-bond donors (Lipinski definition) is 3. The lowest BCUT2D eigenvalue weighted by molar-refractivity contribution is -0.0850. The maximum atomic E-state index is 11.4. The van der Waals surface area contributed by atoms with Crippen LogP contribution in [0.3, 0.4) is 0 Å². The fourth-order valence-corrected chi connectivity index (χ4v) is 11.5. The van der Waals surface area contributed by atoms with Crippen molar-refractivity contribution >= 4 is 0 Å². The summed E-state index contributed by atoms with van der Waals surface area (Å²) in [5, 5.41) is 31.9. The Morgan fingerprint density at radius 3 is 2.27 bits per heavy atom. The number of aliphatic hydroxyl groups excluding tert-OH is 2. The van der Waals surface area contributed by atoms with Crippen LogP contribution < -0.4 is 0 Å². The zero-order valence-electron chi connectivity index (χ0n) is 25.4. The van der Waals surface area contributed by atoms with Gasteiger partial charge in [-0.1, -0.05) is 55.6 Å². The van der Waals surface area contributed by atoms with E-state index >= 15 is 0 Å². The number of rotatable bonds is 5. The number of fused-ring (bicyclic) bond motifs is 1. The molecule has 0 amide bonds. The molecule has 0 radical (unpaired) electrons. The first-order chi connectivity index (χ1) is 19.0. The second-order valence-corrected chi connectivity index (χ2v) is 16.0. The zero-order valence-corrected chi connectivity index (χ0v) is 25.4. The lowest BCUT2D eigenvalue weighted by Crippen LogP contribution is -2.49.